The van der Waals surface area contributed by atoms with Gasteiger partial charge in [0.25, 0.3) is 0 Å². The van der Waals surface area contributed by atoms with E-state index in [1.165, 1.54) is 0 Å². The van der Waals surface area contributed by atoms with E-state index in [-0.39, 0.29) is 26.4 Å². The Bertz CT molecular complexity index is 1600. The Kier molecular flexibility index (Phi) is 13.7. The molecule has 0 N–H and O–H groups in total. The Morgan fingerprint density at radius 3 is 1.35 bits per heavy atom. The van der Waals surface area contributed by atoms with Gasteiger partial charge in [-0.15, -0.1) is 0 Å². The highest BCUT2D eigenvalue weighted by atomic mass is 16.6. The summed E-state index contributed by atoms with van der Waals surface area (Å²) >= 11 is 0. The number of hydrogen-bond donors (Lipinski definition) is 0. The van der Waals surface area contributed by atoms with Gasteiger partial charge in [-0.3, -0.25) is 0 Å². The number of ether oxygens (including phenoxy) is 6. The van der Waals surface area contributed by atoms with Crippen molar-refractivity contribution < 1.29 is 47.6 Å². The maximum Gasteiger partial charge on any atom is 0.413 e. The molecule has 0 unspecified atom stereocenters. The van der Waals surface area contributed by atoms with Gasteiger partial charge < -0.3 is 39.5 Å². The highest BCUT2D eigenvalue weighted by molar-refractivity contribution is 6.20. The van der Waals surface area contributed by atoms with Gasteiger partial charge in [-0.05, 0) is 43.8 Å². The molecule has 0 spiro atoms. The third-order valence-corrected chi connectivity index (χ3v) is 6.81. The highest BCUT2D eigenvalue weighted by Crippen LogP contribution is 2.39. The summed E-state index contributed by atoms with van der Waals surface area (Å²) in [6, 6.07) is 24.8. The lowest BCUT2D eigenvalue weighted by Gasteiger charge is -2.20. The molecule has 0 fully saturated rings. The first kappa shape index (κ1) is 33.8. The van der Waals surface area contributed by atoms with Crippen LogP contribution in [0.1, 0.15) is 11.1 Å². The Hall–Kier alpha value is -5.06. The molecule has 0 radical (unpaired) electrons. The van der Waals surface area contributed by atoms with Gasteiger partial charge in [0.1, 0.15) is 13.2 Å². The van der Waals surface area contributed by atoms with Gasteiger partial charge in [0.2, 0.25) is 0 Å². The summed E-state index contributed by atoms with van der Waals surface area (Å²) in [6.07, 6.45) is 1.35. The minimum absolute atomic E-state index is 0.0360. The van der Waals surface area contributed by atoms with Crippen molar-refractivity contribution in [2.45, 2.75) is 13.2 Å². The molecule has 0 amide bonds. The molecular weight excluding hydrogens is 592 g/mol. The van der Waals surface area contributed by atoms with Gasteiger partial charge in [0, 0.05) is 0 Å². The van der Waals surface area contributed by atoms with Crippen LogP contribution in [0.5, 0.6) is 0 Å². The zero-order chi connectivity index (χ0) is 32.4. The van der Waals surface area contributed by atoms with E-state index >= 15 is 0 Å². The minimum Gasteiger partial charge on any atom is -0.455 e. The van der Waals surface area contributed by atoms with Crippen molar-refractivity contribution in [2.24, 2.45) is 0 Å². The molecule has 0 aliphatic heterocycles. The molecule has 0 aliphatic rings. The van der Waals surface area contributed by atoms with E-state index in [9.17, 15) is 9.59 Å². The van der Waals surface area contributed by atoms with Gasteiger partial charge in [-0.1, -0.05) is 72.8 Å². The van der Waals surface area contributed by atoms with Crippen LogP contribution in [0.4, 0.5) is 0 Å². The third kappa shape index (κ3) is 9.98. The van der Waals surface area contributed by atoms with Crippen molar-refractivity contribution in [1.82, 2.24) is 0 Å². The van der Waals surface area contributed by atoms with Gasteiger partial charge in [0.05, 0.1) is 52.9 Å². The van der Waals surface area contributed by atoms with E-state index in [0.29, 0.717) is 52.1 Å². The van der Waals surface area contributed by atoms with E-state index in [4.69, 9.17) is 39.5 Å². The molecule has 12 heteroatoms. The topological polar surface area (TPSA) is 162 Å². The van der Waals surface area contributed by atoms with Crippen LogP contribution in [0.25, 0.3) is 43.7 Å². The zero-order valence-electron chi connectivity index (χ0n) is 25.2. The molecule has 0 saturated heterocycles. The smallest absolute Gasteiger partial charge is 0.413 e. The Balaban J connectivity index is 1.46. The van der Waals surface area contributed by atoms with Crippen LogP contribution in [0.15, 0.2) is 72.8 Å². The number of benzene rings is 4. The van der Waals surface area contributed by atoms with Crippen molar-refractivity contribution in [3.8, 4) is 11.1 Å². The van der Waals surface area contributed by atoms with Gasteiger partial charge in [0.15, 0.2) is 0 Å². The fourth-order valence-electron chi connectivity index (χ4n) is 4.84. The molecule has 4 rings (SSSR count). The molecule has 0 bridgehead atoms. The van der Waals surface area contributed by atoms with Crippen LogP contribution in [-0.2, 0) is 51.2 Å². The maximum absolute atomic E-state index is 11.2. The third-order valence-electron chi connectivity index (χ3n) is 6.81. The second-order valence-electron chi connectivity index (χ2n) is 9.80. The molecule has 4 aromatic carbocycles. The monoisotopic (exact) mass is 626 g/mol. The molecule has 0 heterocycles. The van der Waals surface area contributed by atoms with Crippen molar-refractivity contribution in [3.05, 3.63) is 95.0 Å². The summed E-state index contributed by atoms with van der Waals surface area (Å²) in [4.78, 5) is 27.6. The summed E-state index contributed by atoms with van der Waals surface area (Å²) in [5.41, 5.74) is 20.8. The van der Waals surface area contributed by atoms with E-state index in [2.05, 4.69) is 58.1 Å². The molecule has 12 nitrogen and oxygen atoms in total. The van der Waals surface area contributed by atoms with E-state index in [1.807, 2.05) is 24.3 Å². The molecular formula is C34H34N4O8. The largest absolute Gasteiger partial charge is 0.455 e. The highest BCUT2D eigenvalue weighted by Gasteiger charge is 2.17. The Labute approximate surface area is 265 Å². The second kappa shape index (κ2) is 18.7. The standard InChI is InChI=1S/C34H34N4O8/c35-37-21-31(39)45-19-17-41-13-15-43-23-27-11-9-25-5-1-3-7-29(25)33(27)34-28(12-10-26-6-2-4-8-30(26)34)24-44-16-14-42-18-20-46-32(40)22-38-36/h1-12,21-22H,13-20,23-24H2. The van der Waals surface area contributed by atoms with Gasteiger partial charge in [-0.25, -0.2) is 9.59 Å². The number of carbonyl (C=O) groups is 2. The first-order chi connectivity index (χ1) is 22.6. The average molecular weight is 627 g/mol. The Morgan fingerprint density at radius 2 is 0.913 bits per heavy atom. The normalized spacial score (nSPS) is 10.7. The van der Waals surface area contributed by atoms with Gasteiger partial charge in [-0.2, -0.15) is 9.58 Å². The molecule has 0 atom stereocenters. The van der Waals surface area contributed by atoms with Gasteiger partial charge >= 0.3 is 24.4 Å². The summed E-state index contributed by atoms with van der Waals surface area (Å²) in [6.45, 7) is 2.42. The second-order valence-corrected chi connectivity index (χ2v) is 9.80. The lowest BCUT2D eigenvalue weighted by molar-refractivity contribution is -0.141. The predicted molar refractivity (Wildman–Crippen MR) is 169 cm³/mol. The minimum atomic E-state index is -0.746. The quantitative estimate of drug-likeness (QED) is 0.0486. The number of carbonyl (C=O) groups excluding carboxylic acids is 2. The van der Waals surface area contributed by atoms with Crippen LogP contribution in [0.2, 0.25) is 0 Å². The molecule has 0 aromatic heterocycles. The fraction of sp³-hybridized carbons (Fsp3) is 0.294. The summed E-state index contributed by atoms with van der Waals surface area (Å²) < 4.78 is 32.7. The summed E-state index contributed by atoms with van der Waals surface area (Å²) in [7, 11) is 0. The predicted octanol–water partition coefficient (Wildman–Crippen LogP) is 4.41. The maximum atomic E-state index is 11.2. The first-order valence-corrected chi connectivity index (χ1v) is 14.6. The SMILES string of the molecule is [N-]=[N+]=CC(=O)OCCOCCOCc1ccc2ccccc2c1-c1c(COCCOCCOC(=O)C=[N+]=[N-])ccc2ccccc12. The zero-order valence-corrected chi connectivity index (χ0v) is 25.2. The number of fused-ring (bicyclic) bond motifs is 2. The number of rotatable bonds is 19. The average Bonchev–Trinajstić information content (AvgIpc) is 3.07. The van der Waals surface area contributed by atoms with Crippen LogP contribution in [0, 0.1) is 0 Å². The Morgan fingerprint density at radius 1 is 0.522 bits per heavy atom. The summed E-state index contributed by atoms with van der Waals surface area (Å²) in [5, 5.41) is 4.39. The van der Waals surface area contributed by atoms with Crippen molar-refractivity contribution in [1.29, 1.82) is 0 Å². The molecule has 0 aliphatic carbocycles. The fourth-order valence-corrected chi connectivity index (χ4v) is 4.84. The first-order valence-electron chi connectivity index (χ1n) is 14.6. The van der Waals surface area contributed by atoms with E-state index in [1.54, 1.807) is 0 Å². The number of nitrogens with zero attached hydrogens (tertiary/aromatic N) is 4. The van der Waals surface area contributed by atoms with Crippen molar-refractivity contribution >= 4 is 45.9 Å². The van der Waals surface area contributed by atoms with E-state index < -0.39 is 11.9 Å². The molecule has 0 saturated carbocycles. The van der Waals surface area contributed by atoms with Crippen LogP contribution in [-0.4, -0.2) is 86.8 Å². The molecule has 46 heavy (non-hydrogen) atoms. The number of hydrogen-bond acceptors (Lipinski definition) is 8. The lowest BCUT2D eigenvalue weighted by atomic mass is 9.87. The number of esters is 2. The van der Waals surface area contributed by atoms with Crippen molar-refractivity contribution in [2.75, 3.05) is 52.9 Å². The molecule has 238 valence electrons. The molecule has 4 aromatic rings. The summed E-state index contributed by atoms with van der Waals surface area (Å²) in [5.74, 6) is -1.49. The van der Waals surface area contributed by atoms with Crippen LogP contribution in [0.3, 0.4) is 0 Å². The van der Waals surface area contributed by atoms with Crippen LogP contribution < -0.4 is 0 Å². The van der Waals surface area contributed by atoms with Crippen molar-refractivity contribution in [3.63, 3.8) is 0 Å². The van der Waals surface area contributed by atoms with Crippen LogP contribution >= 0.6 is 0 Å². The lowest BCUT2D eigenvalue weighted by Crippen LogP contribution is -2.14. The van der Waals surface area contributed by atoms with E-state index in [0.717, 1.165) is 43.8 Å².